The Morgan fingerprint density at radius 2 is 1.65 bits per heavy atom. The Morgan fingerprint density at radius 3 is 2.30 bits per heavy atom. The average molecular weight is 556 g/mol. The number of aromatic amines is 1. The van der Waals surface area contributed by atoms with Gasteiger partial charge in [-0.25, -0.2) is 8.78 Å². The molecule has 8 nitrogen and oxygen atoms in total. The van der Waals surface area contributed by atoms with Gasteiger partial charge in [-0.3, -0.25) is 14.7 Å². The normalized spacial score (nSPS) is 12.7. The second-order valence-corrected chi connectivity index (χ2v) is 9.89. The minimum absolute atomic E-state index is 0.0222. The van der Waals surface area contributed by atoms with Crippen molar-refractivity contribution in [2.45, 2.75) is 65.1 Å². The summed E-state index contributed by atoms with van der Waals surface area (Å²) in [6, 6.07) is 11.7. The van der Waals surface area contributed by atoms with Crippen LogP contribution in [-0.2, 0) is 19.4 Å². The van der Waals surface area contributed by atoms with Gasteiger partial charge in [0.15, 0.2) is 5.69 Å². The lowest BCUT2D eigenvalue weighted by molar-refractivity contribution is 0.0749. The molecule has 4 N–H and O–H groups in total. The van der Waals surface area contributed by atoms with E-state index in [0.717, 1.165) is 30.9 Å². The summed E-state index contributed by atoms with van der Waals surface area (Å²) in [5.74, 6) is -2.37. The number of aromatic nitrogens is 2. The van der Waals surface area contributed by atoms with Crippen LogP contribution in [0.3, 0.4) is 0 Å². The first-order valence-electron chi connectivity index (χ1n) is 13.8. The third kappa shape index (κ3) is 8.96. The molecule has 0 radical (unpaired) electrons. The van der Waals surface area contributed by atoms with Crippen LogP contribution in [0.2, 0.25) is 0 Å². The molecular formula is C30H39F2N5O3. The van der Waals surface area contributed by atoms with Crippen molar-refractivity contribution < 1.29 is 23.5 Å². The van der Waals surface area contributed by atoms with Crippen molar-refractivity contribution in [3.05, 3.63) is 88.2 Å². The molecular weight excluding hydrogens is 516 g/mol. The molecule has 0 spiro atoms. The molecule has 1 heterocycles. The number of aliphatic hydroxyl groups excluding tert-OH is 1. The van der Waals surface area contributed by atoms with Crippen LogP contribution in [0.4, 0.5) is 8.78 Å². The van der Waals surface area contributed by atoms with E-state index in [1.165, 1.54) is 23.8 Å². The van der Waals surface area contributed by atoms with Gasteiger partial charge in [0.25, 0.3) is 11.8 Å². The minimum Gasteiger partial charge on any atom is -0.390 e. The van der Waals surface area contributed by atoms with Crippen LogP contribution in [0.25, 0.3) is 0 Å². The summed E-state index contributed by atoms with van der Waals surface area (Å²) >= 11 is 0. The maximum atomic E-state index is 13.9. The fraction of sp³-hybridized carbons (Fsp3) is 0.433. The zero-order valence-corrected chi connectivity index (χ0v) is 23.3. The van der Waals surface area contributed by atoms with E-state index >= 15 is 0 Å². The Morgan fingerprint density at radius 1 is 0.975 bits per heavy atom. The lowest BCUT2D eigenvalue weighted by Gasteiger charge is -2.24. The van der Waals surface area contributed by atoms with E-state index in [1.54, 1.807) is 4.90 Å². The summed E-state index contributed by atoms with van der Waals surface area (Å²) in [5.41, 5.74) is 2.69. The molecule has 0 aliphatic heterocycles. The van der Waals surface area contributed by atoms with E-state index < -0.39 is 29.7 Å². The molecule has 0 bridgehead atoms. The van der Waals surface area contributed by atoms with Gasteiger partial charge in [0.05, 0.1) is 12.1 Å². The molecule has 0 aliphatic rings. The summed E-state index contributed by atoms with van der Waals surface area (Å²) in [6.45, 7) is 7.82. The van der Waals surface area contributed by atoms with Crippen molar-refractivity contribution in [2.24, 2.45) is 0 Å². The highest BCUT2D eigenvalue weighted by Gasteiger charge is 2.25. The van der Waals surface area contributed by atoms with Gasteiger partial charge in [0.1, 0.15) is 17.3 Å². The van der Waals surface area contributed by atoms with Crippen LogP contribution in [0.1, 0.15) is 71.3 Å². The molecule has 2 atom stereocenters. The van der Waals surface area contributed by atoms with Crippen molar-refractivity contribution >= 4 is 11.8 Å². The van der Waals surface area contributed by atoms with E-state index in [9.17, 15) is 23.5 Å². The number of amides is 2. The van der Waals surface area contributed by atoms with Crippen LogP contribution in [-0.4, -0.2) is 63.8 Å². The monoisotopic (exact) mass is 555 g/mol. The Kier molecular flexibility index (Phi) is 11.8. The number of halogens is 2. The molecule has 10 heteroatoms. The fourth-order valence-corrected chi connectivity index (χ4v) is 4.55. The van der Waals surface area contributed by atoms with Crippen LogP contribution in [0, 0.1) is 11.6 Å². The van der Waals surface area contributed by atoms with E-state index in [1.807, 2.05) is 32.0 Å². The van der Waals surface area contributed by atoms with Crippen molar-refractivity contribution in [3.63, 3.8) is 0 Å². The number of hydrogen-bond donors (Lipinski definition) is 4. The highest BCUT2D eigenvalue weighted by Crippen LogP contribution is 2.14. The van der Waals surface area contributed by atoms with E-state index in [2.05, 4.69) is 33.8 Å². The van der Waals surface area contributed by atoms with Crippen molar-refractivity contribution in [2.75, 3.05) is 19.6 Å². The second-order valence-electron chi connectivity index (χ2n) is 9.89. The smallest absolute Gasteiger partial charge is 0.272 e. The van der Waals surface area contributed by atoms with E-state index in [0.29, 0.717) is 19.6 Å². The van der Waals surface area contributed by atoms with Gasteiger partial charge >= 0.3 is 0 Å². The van der Waals surface area contributed by atoms with Crippen molar-refractivity contribution in [1.29, 1.82) is 0 Å². The maximum Gasteiger partial charge on any atom is 0.272 e. The molecule has 40 heavy (non-hydrogen) atoms. The number of rotatable bonds is 15. The third-order valence-corrected chi connectivity index (χ3v) is 6.56. The van der Waals surface area contributed by atoms with E-state index in [4.69, 9.17) is 0 Å². The molecule has 0 saturated heterocycles. The van der Waals surface area contributed by atoms with Gasteiger partial charge in [-0.05, 0) is 54.5 Å². The molecule has 3 rings (SSSR count). The number of H-pyrrole nitrogens is 1. The number of carbonyl (C=O) groups is 2. The maximum absolute atomic E-state index is 13.9. The number of aryl methyl sites for hydroxylation is 1. The molecule has 2 aromatic carbocycles. The number of hydrogen-bond acceptors (Lipinski definition) is 5. The first-order valence-corrected chi connectivity index (χ1v) is 13.8. The van der Waals surface area contributed by atoms with Gasteiger partial charge in [-0.1, -0.05) is 45.0 Å². The number of nitrogens with zero attached hydrogens (tertiary/aromatic N) is 2. The van der Waals surface area contributed by atoms with Gasteiger partial charge in [0, 0.05) is 38.3 Å². The van der Waals surface area contributed by atoms with Crippen LogP contribution in [0.15, 0.2) is 48.5 Å². The minimum atomic E-state index is -1.09. The summed E-state index contributed by atoms with van der Waals surface area (Å²) in [6.07, 6.45) is 1.39. The van der Waals surface area contributed by atoms with Gasteiger partial charge < -0.3 is 20.6 Å². The topological polar surface area (TPSA) is 110 Å². The predicted molar refractivity (Wildman–Crippen MR) is 150 cm³/mol. The molecule has 1 unspecified atom stereocenters. The largest absolute Gasteiger partial charge is 0.390 e. The Bertz CT molecular complexity index is 1240. The van der Waals surface area contributed by atoms with Gasteiger partial charge in [0.2, 0.25) is 0 Å². The van der Waals surface area contributed by atoms with Crippen LogP contribution >= 0.6 is 0 Å². The van der Waals surface area contributed by atoms with Crippen molar-refractivity contribution in [1.82, 2.24) is 25.7 Å². The number of aliphatic hydroxyl groups is 1. The lowest BCUT2D eigenvalue weighted by Crippen LogP contribution is -2.48. The highest BCUT2D eigenvalue weighted by molar-refractivity contribution is 5.97. The van der Waals surface area contributed by atoms with Gasteiger partial charge in [-0.15, -0.1) is 0 Å². The molecule has 216 valence electrons. The first kappa shape index (κ1) is 30.9. The summed E-state index contributed by atoms with van der Waals surface area (Å²) < 4.78 is 27.7. The zero-order chi connectivity index (χ0) is 29.1. The van der Waals surface area contributed by atoms with E-state index in [-0.39, 0.29) is 35.8 Å². The highest BCUT2D eigenvalue weighted by atomic mass is 19.1. The third-order valence-electron chi connectivity index (χ3n) is 6.56. The number of carbonyl (C=O) groups excluding carboxylic acids is 2. The summed E-state index contributed by atoms with van der Waals surface area (Å²) in [4.78, 5) is 27.7. The zero-order valence-electron chi connectivity index (χ0n) is 23.3. The predicted octanol–water partition coefficient (Wildman–Crippen LogP) is 4.00. The average Bonchev–Trinajstić information content (AvgIpc) is 3.42. The standard InChI is InChI=1S/C30H39F2N5O3/c1-4-10-37(11-5-2)30(40)27-17-26(35-36-27)29(39)34-25(15-22-13-23(31)16-24(32)14-22)28(38)19-33-18-21-9-7-8-20(6-3)12-21/h7-9,12-14,16-17,25,28,33,38H,4-6,10-11,15,18-19H2,1-3H3,(H,34,39)(H,35,36)/t25?,28-/m1/s1. The Labute approximate surface area is 234 Å². The summed E-state index contributed by atoms with van der Waals surface area (Å²) in [5, 5.41) is 23.6. The molecule has 3 aromatic rings. The SMILES string of the molecule is CCCN(CCC)C(=O)c1cc(C(=O)NC(Cc2cc(F)cc(F)c2)[C@H](O)CNCc2cccc(CC)c2)n[nH]1. The Balaban J connectivity index is 1.72. The molecule has 0 saturated carbocycles. The fourth-order valence-electron chi connectivity index (χ4n) is 4.55. The second kappa shape index (κ2) is 15.2. The van der Waals surface area contributed by atoms with Gasteiger partial charge in [-0.2, -0.15) is 5.10 Å². The number of benzene rings is 2. The Hall–Kier alpha value is -3.63. The molecule has 1 aromatic heterocycles. The first-order chi connectivity index (χ1) is 19.2. The molecule has 2 amide bonds. The lowest BCUT2D eigenvalue weighted by atomic mass is 10.00. The number of nitrogens with one attached hydrogen (secondary N) is 3. The van der Waals surface area contributed by atoms with Crippen molar-refractivity contribution in [3.8, 4) is 0 Å². The summed E-state index contributed by atoms with van der Waals surface area (Å²) in [7, 11) is 0. The van der Waals surface area contributed by atoms with Crippen LogP contribution < -0.4 is 10.6 Å². The molecule has 0 fully saturated rings. The molecule has 0 aliphatic carbocycles. The van der Waals surface area contributed by atoms with Crippen LogP contribution in [0.5, 0.6) is 0 Å². The quantitative estimate of drug-likeness (QED) is 0.227.